The van der Waals surface area contributed by atoms with Crippen LogP contribution in [0.15, 0.2) is 14.4 Å². The lowest BCUT2D eigenvalue weighted by atomic mass is 10.6. The maximum atomic E-state index is 11.5. The first-order chi connectivity index (χ1) is 7.58. The van der Waals surface area contributed by atoms with Crippen molar-refractivity contribution in [3.63, 3.8) is 0 Å². The smallest absolute Gasteiger partial charge is 0.340 e. The van der Waals surface area contributed by atoms with Gasteiger partial charge in [-0.1, -0.05) is 0 Å². The van der Waals surface area contributed by atoms with E-state index in [2.05, 4.69) is 0 Å². The molecule has 3 N–H and O–H groups in total. The van der Waals surface area contributed by atoms with E-state index in [-0.39, 0.29) is 6.54 Å². The van der Waals surface area contributed by atoms with Crippen molar-refractivity contribution in [1.29, 1.82) is 0 Å². The first-order valence-electron chi connectivity index (χ1n) is 4.35. The van der Waals surface area contributed by atoms with E-state index in [0.29, 0.717) is 13.7 Å². The van der Waals surface area contributed by atoms with Gasteiger partial charge < -0.3 is 15.3 Å². The van der Waals surface area contributed by atoms with E-state index in [1.165, 1.54) is 0 Å². The molecule has 0 saturated heterocycles. The molecule has 0 aliphatic carbocycles. The number of aromatic nitrogens is 3. The molecule has 1 heterocycles. The molecule has 0 saturated carbocycles. The molecule has 0 atom stereocenters. The fourth-order valence-electron chi connectivity index (χ4n) is 1.22. The second-order valence-corrected chi connectivity index (χ2v) is 2.86. The van der Waals surface area contributed by atoms with Gasteiger partial charge in [-0.05, 0) is 0 Å². The molecule has 0 aliphatic heterocycles. The van der Waals surface area contributed by atoms with Gasteiger partial charge in [0.15, 0.2) is 0 Å². The van der Waals surface area contributed by atoms with Gasteiger partial charge in [0.1, 0.15) is 13.5 Å². The topological polar surface area (TPSA) is 127 Å². The van der Waals surface area contributed by atoms with Gasteiger partial charge in [0.05, 0.1) is 13.2 Å². The molecule has 9 heteroatoms. The van der Waals surface area contributed by atoms with E-state index >= 15 is 0 Å². The Morgan fingerprint density at radius 3 is 1.44 bits per heavy atom. The summed E-state index contributed by atoms with van der Waals surface area (Å²) in [6.45, 7) is -2.63. The molecule has 1 rings (SSSR count). The van der Waals surface area contributed by atoms with Crippen molar-refractivity contribution >= 4 is 0 Å². The molecular weight excluding hydrogens is 222 g/mol. The van der Waals surface area contributed by atoms with E-state index in [1.54, 1.807) is 0 Å². The van der Waals surface area contributed by atoms with E-state index < -0.39 is 37.1 Å². The van der Waals surface area contributed by atoms with Crippen molar-refractivity contribution in [2.24, 2.45) is 0 Å². The van der Waals surface area contributed by atoms with Crippen molar-refractivity contribution < 1.29 is 15.3 Å². The Bertz CT molecular complexity index is 496. The lowest BCUT2D eigenvalue weighted by molar-refractivity contribution is 0.158. The standard InChI is InChI=1S/C7H11N3O6/c11-2-1-8-5(14)9(3-12)7(16)10(4-13)6(8)15/h11-13H,1-4H2. The molecule has 1 aromatic heterocycles. The van der Waals surface area contributed by atoms with E-state index in [4.69, 9.17) is 15.3 Å². The molecule has 0 fully saturated rings. The summed E-state index contributed by atoms with van der Waals surface area (Å²) in [5.74, 6) is 0. The number of hydrogen-bond donors (Lipinski definition) is 3. The zero-order valence-corrected chi connectivity index (χ0v) is 8.24. The van der Waals surface area contributed by atoms with Crippen LogP contribution in [-0.2, 0) is 20.0 Å². The fourth-order valence-corrected chi connectivity index (χ4v) is 1.22. The quantitative estimate of drug-likeness (QED) is 0.487. The summed E-state index contributed by atoms with van der Waals surface area (Å²) >= 11 is 0. The molecule has 0 radical (unpaired) electrons. The second kappa shape index (κ2) is 4.88. The summed E-state index contributed by atoms with van der Waals surface area (Å²) in [6.07, 6.45) is 0. The third-order valence-corrected chi connectivity index (χ3v) is 1.99. The van der Waals surface area contributed by atoms with Crippen LogP contribution in [0.4, 0.5) is 0 Å². The molecule has 0 spiro atoms. The zero-order chi connectivity index (χ0) is 12.3. The molecule has 90 valence electrons. The van der Waals surface area contributed by atoms with Gasteiger partial charge in [0.25, 0.3) is 0 Å². The summed E-state index contributed by atoms with van der Waals surface area (Å²) in [7, 11) is 0. The number of aliphatic hydroxyl groups is 3. The second-order valence-electron chi connectivity index (χ2n) is 2.86. The first kappa shape index (κ1) is 12.4. The van der Waals surface area contributed by atoms with Gasteiger partial charge in [-0.25, -0.2) is 28.1 Å². The number of nitrogens with zero attached hydrogens (tertiary/aromatic N) is 3. The predicted octanol–water partition coefficient (Wildman–Crippen LogP) is -3.94. The summed E-state index contributed by atoms with van der Waals surface area (Å²) in [5, 5.41) is 26.2. The Balaban J connectivity index is 3.71. The zero-order valence-electron chi connectivity index (χ0n) is 8.24. The minimum atomic E-state index is -1.10. The largest absolute Gasteiger partial charge is 0.395 e. The fraction of sp³-hybridized carbons (Fsp3) is 0.571. The van der Waals surface area contributed by atoms with Crippen molar-refractivity contribution in [3.05, 3.63) is 31.5 Å². The van der Waals surface area contributed by atoms with Crippen LogP contribution < -0.4 is 17.1 Å². The van der Waals surface area contributed by atoms with Crippen LogP contribution in [0, 0.1) is 0 Å². The molecule has 1 aromatic rings. The highest BCUT2D eigenvalue weighted by molar-refractivity contribution is 4.77. The number of hydrogen-bond acceptors (Lipinski definition) is 6. The Morgan fingerprint density at radius 2 is 1.12 bits per heavy atom. The third-order valence-electron chi connectivity index (χ3n) is 1.99. The van der Waals surface area contributed by atoms with Crippen molar-refractivity contribution in [3.8, 4) is 0 Å². The summed E-state index contributed by atoms with van der Waals surface area (Å²) in [6, 6.07) is 0. The molecule has 0 bridgehead atoms. The molecule has 16 heavy (non-hydrogen) atoms. The molecule has 0 unspecified atom stereocenters. The van der Waals surface area contributed by atoms with Gasteiger partial charge >= 0.3 is 17.1 Å². The molecule has 0 amide bonds. The van der Waals surface area contributed by atoms with Gasteiger partial charge in [0.2, 0.25) is 0 Å². The molecule has 0 aliphatic rings. The van der Waals surface area contributed by atoms with E-state index in [0.717, 1.165) is 0 Å². The maximum Gasteiger partial charge on any atom is 0.340 e. The maximum absolute atomic E-state index is 11.5. The Morgan fingerprint density at radius 1 is 0.750 bits per heavy atom. The Kier molecular flexibility index (Phi) is 3.77. The van der Waals surface area contributed by atoms with Crippen LogP contribution in [-0.4, -0.2) is 35.6 Å². The van der Waals surface area contributed by atoms with Gasteiger partial charge in [0, 0.05) is 0 Å². The summed E-state index contributed by atoms with van der Waals surface area (Å²) in [4.78, 5) is 34.3. The molecule has 9 nitrogen and oxygen atoms in total. The van der Waals surface area contributed by atoms with Crippen LogP contribution in [0.2, 0.25) is 0 Å². The van der Waals surface area contributed by atoms with E-state index in [9.17, 15) is 14.4 Å². The van der Waals surface area contributed by atoms with Crippen LogP contribution in [0.1, 0.15) is 0 Å². The SMILES string of the molecule is O=c1n(CO)c(=O)n(CCO)c(=O)n1CO. The monoisotopic (exact) mass is 233 g/mol. The van der Waals surface area contributed by atoms with Crippen molar-refractivity contribution in [1.82, 2.24) is 13.7 Å². The third kappa shape index (κ3) is 1.83. The molecule has 0 aromatic carbocycles. The Hall–Kier alpha value is -1.71. The van der Waals surface area contributed by atoms with Crippen LogP contribution in [0.25, 0.3) is 0 Å². The molecular formula is C7H11N3O6. The highest BCUT2D eigenvalue weighted by Gasteiger charge is 2.13. The van der Waals surface area contributed by atoms with Gasteiger partial charge in [-0.2, -0.15) is 0 Å². The van der Waals surface area contributed by atoms with Crippen molar-refractivity contribution in [2.45, 2.75) is 20.0 Å². The van der Waals surface area contributed by atoms with Crippen LogP contribution in [0.3, 0.4) is 0 Å². The van der Waals surface area contributed by atoms with Gasteiger partial charge in [-0.15, -0.1) is 0 Å². The van der Waals surface area contributed by atoms with Gasteiger partial charge in [-0.3, -0.25) is 0 Å². The average molecular weight is 233 g/mol. The minimum Gasteiger partial charge on any atom is -0.395 e. The van der Waals surface area contributed by atoms with Crippen molar-refractivity contribution in [2.75, 3.05) is 6.61 Å². The average Bonchev–Trinajstić information content (AvgIpc) is 2.26. The number of aliphatic hydroxyl groups excluding tert-OH is 3. The summed E-state index contributed by atoms with van der Waals surface area (Å²) < 4.78 is 1.29. The number of rotatable bonds is 4. The summed E-state index contributed by atoms with van der Waals surface area (Å²) in [5.41, 5.74) is -3.17. The lowest BCUT2D eigenvalue weighted by Gasteiger charge is -2.09. The highest BCUT2D eigenvalue weighted by Crippen LogP contribution is 1.73. The van der Waals surface area contributed by atoms with Crippen LogP contribution in [0.5, 0.6) is 0 Å². The van der Waals surface area contributed by atoms with E-state index in [1.807, 2.05) is 0 Å². The minimum absolute atomic E-state index is 0.321. The van der Waals surface area contributed by atoms with Crippen LogP contribution >= 0.6 is 0 Å². The first-order valence-corrected chi connectivity index (χ1v) is 4.35. The highest BCUT2D eigenvalue weighted by atomic mass is 16.3. The predicted molar refractivity (Wildman–Crippen MR) is 50.7 cm³/mol. The lowest BCUT2D eigenvalue weighted by Crippen LogP contribution is -2.54. The Labute approximate surface area is 88.0 Å². The normalized spacial score (nSPS) is 10.7.